The lowest BCUT2D eigenvalue weighted by molar-refractivity contribution is -0.117. The summed E-state index contributed by atoms with van der Waals surface area (Å²) < 4.78 is 28.1. The molecule has 1 amide bonds. The van der Waals surface area contributed by atoms with Gasteiger partial charge in [-0.15, -0.1) is 0 Å². The van der Waals surface area contributed by atoms with Crippen molar-refractivity contribution in [1.82, 2.24) is 0 Å². The summed E-state index contributed by atoms with van der Waals surface area (Å²) in [6.45, 7) is 1.54. The molecule has 0 N–H and O–H groups in total. The first-order valence-electron chi connectivity index (χ1n) is 9.72. The van der Waals surface area contributed by atoms with Gasteiger partial charge in [-0.3, -0.25) is 9.10 Å². The lowest BCUT2D eigenvalue weighted by atomic mass is 10.1. The van der Waals surface area contributed by atoms with Crippen molar-refractivity contribution in [2.45, 2.75) is 24.3 Å². The molecule has 1 aliphatic heterocycles. The van der Waals surface area contributed by atoms with E-state index in [1.165, 1.54) is 12.1 Å². The summed E-state index contributed by atoms with van der Waals surface area (Å²) in [5.41, 5.74) is 2.02. The highest BCUT2D eigenvalue weighted by atomic mass is 35.5. The van der Waals surface area contributed by atoms with Crippen LogP contribution >= 0.6 is 23.2 Å². The van der Waals surface area contributed by atoms with Gasteiger partial charge >= 0.3 is 0 Å². The van der Waals surface area contributed by atoms with E-state index >= 15 is 0 Å². The van der Waals surface area contributed by atoms with Crippen LogP contribution in [0.15, 0.2) is 77.7 Å². The maximum absolute atomic E-state index is 13.5. The fourth-order valence-electron chi connectivity index (χ4n) is 3.85. The SMILES string of the molecule is CC1Cc2ccccc2N1C(=O)CN(c1cccc(Cl)c1Cl)S(=O)(=O)c1ccccc1. The molecule has 3 aromatic carbocycles. The maximum atomic E-state index is 13.5. The molecule has 0 saturated heterocycles. The number of anilines is 2. The summed E-state index contributed by atoms with van der Waals surface area (Å²) in [5.74, 6) is -0.340. The van der Waals surface area contributed by atoms with Crippen molar-refractivity contribution in [2.75, 3.05) is 15.7 Å². The van der Waals surface area contributed by atoms with Gasteiger partial charge in [-0.2, -0.15) is 0 Å². The minimum atomic E-state index is -4.07. The van der Waals surface area contributed by atoms with Gasteiger partial charge in [0.15, 0.2) is 0 Å². The summed E-state index contributed by atoms with van der Waals surface area (Å²) in [7, 11) is -4.07. The van der Waals surface area contributed by atoms with Crippen LogP contribution in [-0.2, 0) is 21.2 Å². The number of hydrogen-bond donors (Lipinski definition) is 0. The van der Waals surface area contributed by atoms with Crippen molar-refractivity contribution in [3.8, 4) is 0 Å². The molecule has 1 heterocycles. The topological polar surface area (TPSA) is 57.7 Å². The molecule has 0 radical (unpaired) electrons. The Kier molecular flexibility index (Phi) is 5.97. The second-order valence-electron chi connectivity index (χ2n) is 7.34. The van der Waals surface area contributed by atoms with Crippen LogP contribution in [-0.4, -0.2) is 26.9 Å². The first-order valence-corrected chi connectivity index (χ1v) is 11.9. The predicted molar refractivity (Wildman–Crippen MR) is 125 cm³/mol. The highest BCUT2D eigenvalue weighted by Crippen LogP contribution is 2.37. The van der Waals surface area contributed by atoms with Crippen molar-refractivity contribution >= 4 is 50.5 Å². The second kappa shape index (κ2) is 8.54. The molecular formula is C23H20Cl2N2O3S. The Labute approximate surface area is 191 Å². The number of fused-ring (bicyclic) bond motifs is 1. The molecule has 1 unspecified atom stereocenters. The molecule has 160 valence electrons. The molecule has 0 aliphatic carbocycles. The van der Waals surface area contributed by atoms with E-state index in [4.69, 9.17) is 23.2 Å². The molecule has 1 atom stereocenters. The summed E-state index contributed by atoms with van der Waals surface area (Å²) >= 11 is 12.5. The number of sulfonamides is 1. The quantitative estimate of drug-likeness (QED) is 0.512. The molecule has 0 bridgehead atoms. The van der Waals surface area contributed by atoms with Gasteiger partial charge in [0.25, 0.3) is 10.0 Å². The smallest absolute Gasteiger partial charge is 0.264 e. The van der Waals surface area contributed by atoms with Gasteiger partial charge in [-0.05, 0) is 49.2 Å². The van der Waals surface area contributed by atoms with Crippen LogP contribution in [0.2, 0.25) is 10.0 Å². The number of hydrogen-bond acceptors (Lipinski definition) is 3. The zero-order chi connectivity index (χ0) is 22.2. The molecular weight excluding hydrogens is 455 g/mol. The minimum Gasteiger partial charge on any atom is -0.307 e. The van der Waals surface area contributed by atoms with Crippen molar-refractivity contribution in [3.05, 3.63) is 88.4 Å². The van der Waals surface area contributed by atoms with Gasteiger partial charge < -0.3 is 4.90 Å². The van der Waals surface area contributed by atoms with E-state index in [-0.39, 0.29) is 32.6 Å². The fraction of sp³-hybridized carbons (Fsp3) is 0.174. The Bertz CT molecular complexity index is 1230. The van der Waals surface area contributed by atoms with Crippen LogP contribution < -0.4 is 9.21 Å². The molecule has 0 fully saturated rings. The summed E-state index contributed by atoms with van der Waals surface area (Å²) in [6, 6.07) is 20.2. The Morgan fingerprint density at radius 3 is 2.42 bits per heavy atom. The van der Waals surface area contributed by atoms with Gasteiger partial charge in [-0.1, -0.05) is 65.7 Å². The summed E-state index contributed by atoms with van der Waals surface area (Å²) in [5, 5.41) is 0.283. The number of nitrogens with zero attached hydrogens (tertiary/aromatic N) is 2. The van der Waals surface area contributed by atoms with Crippen LogP contribution in [0, 0.1) is 0 Å². The predicted octanol–water partition coefficient (Wildman–Crippen LogP) is 5.17. The van der Waals surface area contributed by atoms with Crippen LogP contribution in [0.5, 0.6) is 0 Å². The first-order chi connectivity index (χ1) is 14.8. The van der Waals surface area contributed by atoms with E-state index in [0.29, 0.717) is 6.42 Å². The van der Waals surface area contributed by atoms with E-state index < -0.39 is 16.6 Å². The molecule has 4 rings (SSSR count). The number of carbonyl (C=O) groups excluding carboxylic acids is 1. The molecule has 5 nitrogen and oxygen atoms in total. The molecule has 1 aliphatic rings. The Hall–Kier alpha value is -2.54. The van der Waals surface area contributed by atoms with Crippen molar-refractivity contribution < 1.29 is 13.2 Å². The number of amides is 1. The first kappa shape index (κ1) is 21.7. The number of benzene rings is 3. The van der Waals surface area contributed by atoms with Crippen molar-refractivity contribution in [2.24, 2.45) is 0 Å². The van der Waals surface area contributed by atoms with Gasteiger partial charge in [-0.25, -0.2) is 8.42 Å². The van der Waals surface area contributed by atoms with Crippen LogP contribution in [0.1, 0.15) is 12.5 Å². The highest BCUT2D eigenvalue weighted by molar-refractivity contribution is 7.92. The third-order valence-electron chi connectivity index (χ3n) is 5.29. The monoisotopic (exact) mass is 474 g/mol. The van der Waals surface area contributed by atoms with E-state index in [2.05, 4.69) is 0 Å². The fourth-order valence-corrected chi connectivity index (χ4v) is 5.74. The van der Waals surface area contributed by atoms with Crippen molar-refractivity contribution in [1.29, 1.82) is 0 Å². The molecule has 0 aromatic heterocycles. The zero-order valence-corrected chi connectivity index (χ0v) is 19.0. The maximum Gasteiger partial charge on any atom is 0.264 e. The number of para-hydroxylation sites is 1. The van der Waals surface area contributed by atoms with Crippen LogP contribution in [0.3, 0.4) is 0 Å². The van der Waals surface area contributed by atoms with Crippen LogP contribution in [0.25, 0.3) is 0 Å². The highest BCUT2D eigenvalue weighted by Gasteiger charge is 2.35. The third kappa shape index (κ3) is 4.03. The largest absolute Gasteiger partial charge is 0.307 e. The average molecular weight is 475 g/mol. The lowest BCUT2D eigenvalue weighted by Gasteiger charge is -2.29. The number of carbonyl (C=O) groups is 1. The Morgan fingerprint density at radius 1 is 1.00 bits per heavy atom. The minimum absolute atomic E-state index is 0.0636. The average Bonchev–Trinajstić information content (AvgIpc) is 3.10. The molecule has 31 heavy (non-hydrogen) atoms. The van der Waals surface area contributed by atoms with Gasteiger partial charge in [0.1, 0.15) is 6.54 Å². The van der Waals surface area contributed by atoms with Gasteiger partial charge in [0.05, 0.1) is 20.6 Å². The van der Waals surface area contributed by atoms with Crippen molar-refractivity contribution in [3.63, 3.8) is 0 Å². The molecule has 0 spiro atoms. The second-order valence-corrected chi connectivity index (χ2v) is 9.99. The van der Waals surface area contributed by atoms with E-state index in [1.807, 2.05) is 31.2 Å². The Morgan fingerprint density at radius 2 is 1.68 bits per heavy atom. The van der Waals surface area contributed by atoms with E-state index in [1.54, 1.807) is 41.3 Å². The number of rotatable bonds is 5. The summed E-state index contributed by atoms with van der Waals surface area (Å²) in [6.07, 6.45) is 0.714. The van der Waals surface area contributed by atoms with Crippen LogP contribution in [0.4, 0.5) is 11.4 Å². The van der Waals surface area contributed by atoms with E-state index in [9.17, 15) is 13.2 Å². The molecule has 0 saturated carbocycles. The normalized spacial score (nSPS) is 15.6. The number of halogens is 2. The summed E-state index contributed by atoms with van der Waals surface area (Å²) in [4.78, 5) is 15.1. The van der Waals surface area contributed by atoms with Gasteiger partial charge in [0, 0.05) is 11.7 Å². The molecule has 3 aromatic rings. The Balaban J connectivity index is 1.77. The van der Waals surface area contributed by atoms with E-state index in [0.717, 1.165) is 15.6 Å². The standard InChI is InChI=1S/C23H20Cl2N2O3S/c1-16-14-17-8-5-6-12-20(17)27(16)22(28)15-26(21-13-7-11-19(24)23(21)25)31(29,30)18-9-3-2-4-10-18/h2-13,16H,14-15H2,1H3. The lowest BCUT2D eigenvalue weighted by Crippen LogP contribution is -2.45. The zero-order valence-electron chi connectivity index (χ0n) is 16.7. The third-order valence-corrected chi connectivity index (χ3v) is 7.87. The molecule has 8 heteroatoms. The van der Waals surface area contributed by atoms with Gasteiger partial charge in [0.2, 0.25) is 5.91 Å².